The number of carbonyl (C=O) groups is 3. The monoisotopic (exact) mass is 639 g/mol. The van der Waals surface area contributed by atoms with Crippen LogP contribution in [0.3, 0.4) is 0 Å². The van der Waals surface area contributed by atoms with Crippen molar-refractivity contribution in [2.45, 2.75) is 58.6 Å². The largest absolute Gasteiger partial charge is 0.433 e. The molecule has 242 valence electrons. The number of aryl methyl sites for hydroxylation is 1. The first-order valence-corrected chi connectivity index (χ1v) is 13.9. The molecule has 17 heteroatoms. The predicted molar refractivity (Wildman–Crippen MR) is 148 cm³/mol. The van der Waals surface area contributed by atoms with Gasteiger partial charge in [-0.2, -0.15) is 13.2 Å². The second-order valence-electron chi connectivity index (χ2n) is 10.7. The van der Waals surface area contributed by atoms with Crippen LogP contribution in [-0.2, 0) is 29.2 Å². The predicted octanol–water partition coefficient (Wildman–Crippen LogP) is 2.87. The number of alkyl halides is 3. The summed E-state index contributed by atoms with van der Waals surface area (Å²) in [6.45, 7) is 2.26. The average Bonchev–Trinajstić information content (AvgIpc) is 3.63. The Hall–Kier alpha value is -4.83. The maximum absolute atomic E-state index is 14.7. The molecule has 3 heterocycles. The van der Waals surface area contributed by atoms with Gasteiger partial charge in [0, 0.05) is 44.9 Å². The van der Waals surface area contributed by atoms with E-state index in [1.54, 1.807) is 0 Å². The summed E-state index contributed by atoms with van der Waals surface area (Å²) in [4.78, 5) is 50.7. The lowest BCUT2D eigenvalue weighted by Gasteiger charge is -2.16. The highest BCUT2D eigenvalue weighted by molar-refractivity contribution is 6.39. The minimum atomic E-state index is -3.49. The SMILES string of the molecule is C[C@@H]1CCN(C(=O)C(=O)Nc2ccn(CCC(F)Cn3cc(C(=O)NCc4cc(OC(C)(F)F)ccc4F)nn3)c(=O)c2F)C1. The Morgan fingerprint density at radius 3 is 2.64 bits per heavy atom. The van der Waals surface area contributed by atoms with Crippen LogP contribution in [0.25, 0.3) is 0 Å². The molecule has 1 aliphatic heterocycles. The average molecular weight is 640 g/mol. The Balaban J connectivity index is 1.27. The maximum atomic E-state index is 14.7. The van der Waals surface area contributed by atoms with Crippen LogP contribution in [0.4, 0.5) is 27.6 Å². The molecule has 3 amide bonds. The summed E-state index contributed by atoms with van der Waals surface area (Å²) < 4.78 is 75.9. The molecule has 1 saturated heterocycles. The van der Waals surface area contributed by atoms with Gasteiger partial charge in [-0.05, 0) is 43.0 Å². The minimum Gasteiger partial charge on any atom is -0.433 e. The van der Waals surface area contributed by atoms with Crippen molar-refractivity contribution in [2.24, 2.45) is 5.92 Å². The molecule has 2 aromatic heterocycles. The molecule has 2 atom stereocenters. The van der Waals surface area contributed by atoms with Crippen LogP contribution in [0.5, 0.6) is 5.75 Å². The zero-order chi connectivity index (χ0) is 32.9. The molecule has 0 aliphatic carbocycles. The molecule has 1 unspecified atom stereocenters. The highest BCUT2D eigenvalue weighted by atomic mass is 19.3. The van der Waals surface area contributed by atoms with Gasteiger partial charge in [-0.25, -0.2) is 13.5 Å². The van der Waals surface area contributed by atoms with Gasteiger partial charge < -0.3 is 24.8 Å². The molecule has 4 rings (SSSR count). The van der Waals surface area contributed by atoms with Gasteiger partial charge in [0.1, 0.15) is 17.7 Å². The van der Waals surface area contributed by atoms with Crippen LogP contribution in [0, 0.1) is 17.6 Å². The van der Waals surface area contributed by atoms with E-state index in [1.807, 2.05) is 6.92 Å². The minimum absolute atomic E-state index is 0.131. The van der Waals surface area contributed by atoms with Crippen molar-refractivity contribution in [1.29, 1.82) is 0 Å². The molecule has 45 heavy (non-hydrogen) atoms. The fourth-order valence-corrected chi connectivity index (χ4v) is 4.55. The molecule has 3 aromatic rings. The van der Waals surface area contributed by atoms with Crippen LogP contribution in [0.1, 0.15) is 42.7 Å². The fraction of sp³-hybridized carbons (Fsp3) is 0.429. The lowest BCUT2D eigenvalue weighted by Crippen LogP contribution is -2.38. The molecular weight excluding hydrogens is 609 g/mol. The van der Waals surface area contributed by atoms with E-state index in [1.165, 1.54) is 4.90 Å². The lowest BCUT2D eigenvalue weighted by molar-refractivity contribution is -0.159. The van der Waals surface area contributed by atoms with Crippen molar-refractivity contribution >= 4 is 23.4 Å². The number of nitrogens with zero attached hydrogens (tertiary/aromatic N) is 5. The molecule has 0 radical (unpaired) electrons. The van der Waals surface area contributed by atoms with E-state index in [-0.39, 0.29) is 42.4 Å². The van der Waals surface area contributed by atoms with Gasteiger partial charge in [-0.1, -0.05) is 12.1 Å². The topological polar surface area (TPSA) is 140 Å². The van der Waals surface area contributed by atoms with E-state index in [9.17, 15) is 41.1 Å². The summed E-state index contributed by atoms with van der Waals surface area (Å²) in [5, 5.41) is 11.8. The van der Waals surface area contributed by atoms with Crippen LogP contribution < -0.4 is 20.9 Å². The zero-order valence-corrected chi connectivity index (χ0v) is 24.2. The number of benzene rings is 1. The Kier molecular flexibility index (Phi) is 10.2. The summed E-state index contributed by atoms with van der Waals surface area (Å²) >= 11 is 0. The number of hydrogen-bond acceptors (Lipinski definition) is 7. The first-order chi connectivity index (χ1) is 21.2. The Bertz CT molecular complexity index is 1620. The third kappa shape index (κ3) is 8.86. The molecule has 2 N–H and O–H groups in total. The summed E-state index contributed by atoms with van der Waals surface area (Å²) in [6.07, 6.45) is -2.32. The molecule has 1 aromatic carbocycles. The second kappa shape index (κ2) is 13.9. The highest BCUT2D eigenvalue weighted by Gasteiger charge is 2.29. The van der Waals surface area contributed by atoms with Crippen molar-refractivity contribution < 1.29 is 41.1 Å². The summed E-state index contributed by atoms with van der Waals surface area (Å²) in [5.74, 6) is -4.84. The summed E-state index contributed by atoms with van der Waals surface area (Å²) in [7, 11) is 0. The zero-order valence-electron chi connectivity index (χ0n) is 24.2. The van der Waals surface area contributed by atoms with E-state index < -0.39 is 59.4 Å². The van der Waals surface area contributed by atoms with Crippen molar-refractivity contribution in [3.8, 4) is 5.75 Å². The first kappa shape index (κ1) is 33.1. The normalized spacial score (nSPS) is 15.5. The molecule has 0 spiro atoms. The van der Waals surface area contributed by atoms with Gasteiger partial charge in [0.15, 0.2) is 5.69 Å². The van der Waals surface area contributed by atoms with E-state index in [4.69, 9.17) is 0 Å². The number of ether oxygens (including phenoxy) is 1. The smallest absolute Gasteiger partial charge is 0.394 e. The fourth-order valence-electron chi connectivity index (χ4n) is 4.55. The van der Waals surface area contributed by atoms with Crippen LogP contribution >= 0.6 is 0 Å². The number of anilines is 1. The third-order valence-corrected chi connectivity index (χ3v) is 6.85. The second-order valence-corrected chi connectivity index (χ2v) is 10.7. The van der Waals surface area contributed by atoms with Gasteiger partial charge in [0.25, 0.3) is 11.5 Å². The first-order valence-electron chi connectivity index (χ1n) is 13.9. The summed E-state index contributed by atoms with van der Waals surface area (Å²) in [5.41, 5.74) is -1.96. The number of likely N-dealkylation sites (tertiary alicyclic amines) is 1. The number of aromatic nitrogens is 4. The Morgan fingerprint density at radius 1 is 1.20 bits per heavy atom. The number of hydrogen-bond donors (Lipinski definition) is 2. The lowest BCUT2D eigenvalue weighted by atomic mass is 10.2. The Labute approximate surface area is 253 Å². The van der Waals surface area contributed by atoms with Gasteiger partial charge in [-0.3, -0.25) is 19.2 Å². The van der Waals surface area contributed by atoms with Crippen molar-refractivity contribution in [1.82, 2.24) is 29.8 Å². The number of amides is 3. The molecule has 1 aliphatic rings. The number of pyridine rings is 1. The van der Waals surface area contributed by atoms with E-state index in [0.29, 0.717) is 20.0 Å². The standard InChI is InChI=1S/C28H30F5N7O5/c1-16-5-8-39(13-16)27(44)25(42)35-21-7-10-38(26(43)23(21)31)9-6-18(29)14-40-15-22(36-37-40)24(41)34-12-17-11-19(3-4-20(17)30)45-28(2,32)33/h3-4,7,10-11,15-16,18H,5-6,8-9,12-14H2,1-2H3,(H,34,41)(H,35,42)/t16-,18?/m1/s1. The maximum Gasteiger partial charge on any atom is 0.394 e. The molecule has 0 bridgehead atoms. The van der Waals surface area contributed by atoms with Gasteiger partial charge >= 0.3 is 17.9 Å². The van der Waals surface area contributed by atoms with Crippen LogP contribution in [0.2, 0.25) is 0 Å². The Morgan fingerprint density at radius 2 is 1.96 bits per heavy atom. The highest BCUT2D eigenvalue weighted by Crippen LogP contribution is 2.23. The molecule has 0 saturated carbocycles. The molecular formula is C28H30F5N7O5. The number of rotatable bonds is 11. The summed E-state index contributed by atoms with van der Waals surface area (Å²) in [6, 6.07) is 4.03. The van der Waals surface area contributed by atoms with Crippen molar-refractivity contribution in [2.75, 3.05) is 18.4 Å². The van der Waals surface area contributed by atoms with Crippen molar-refractivity contribution in [3.63, 3.8) is 0 Å². The van der Waals surface area contributed by atoms with E-state index in [2.05, 4.69) is 25.7 Å². The third-order valence-electron chi connectivity index (χ3n) is 6.85. The van der Waals surface area contributed by atoms with E-state index >= 15 is 0 Å². The van der Waals surface area contributed by atoms with E-state index in [0.717, 1.165) is 52.3 Å². The number of nitrogens with one attached hydrogen (secondary N) is 2. The van der Waals surface area contributed by atoms with Crippen molar-refractivity contribution in [3.05, 3.63) is 69.9 Å². The van der Waals surface area contributed by atoms with Gasteiger partial charge in [0.2, 0.25) is 5.82 Å². The van der Waals surface area contributed by atoms with Crippen LogP contribution in [-0.4, -0.2) is 67.6 Å². The van der Waals surface area contributed by atoms with Gasteiger partial charge in [0.05, 0.1) is 18.4 Å². The number of carbonyl (C=O) groups excluding carboxylic acids is 3. The van der Waals surface area contributed by atoms with Crippen LogP contribution in [0.15, 0.2) is 41.5 Å². The molecule has 12 nitrogen and oxygen atoms in total. The quantitative estimate of drug-likeness (QED) is 0.243. The number of halogens is 5. The van der Waals surface area contributed by atoms with Gasteiger partial charge in [-0.15, -0.1) is 5.10 Å². The molecule has 1 fully saturated rings.